The highest BCUT2D eigenvalue weighted by Crippen LogP contribution is 2.50. The first kappa shape index (κ1) is 19.4. The highest BCUT2D eigenvalue weighted by molar-refractivity contribution is 5.91. The van der Waals surface area contributed by atoms with Crippen LogP contribution in [0.1, 0.15) is 52.8 Å². The summed E-state index contributed by atoms with van der Waals surface area (Å²) in [5.41, 5.74) is 3.02. The Balaban J connectivity index is 1.32. The second-order valence-corrected chi connectivity index (χ2v) is 11.0. The number of para-hydroxylation sites is 1. The van der Waals surface area contributed by atoms with E-state index in [2.05, 4.69) is 16.0 Å². The van der Waals surface area contributed by atoms with Crippen LogP contribution < -0.4 is 14.2 Å². The number of fused-ring (bicyclic) bond motifs is 6. The smallest absolute Gasteiger partial charge is 0.338 e. The van der Waals surface area contributed by atoms with Crippen molar-refractivity contribution in [2.24, 2.45) is 17.8 Å². The van der Waals surface area contributed by atoms with Crippen molar-refractivity contribution in [1.82, 2.24) is 9.88 Å². The van der Waals surface area contributed by atoms with Gasteiger partial charge in [-0.05, 0) is 54.9 Å². The van der Waals surface area contributed by atoms with Gasteiger partial charge in [0.15, 0.2) is 11.5 Å². The molecule has 2 aliphatic heterocycles. The minimum absolute atomic E-state index is 0.0232. The Morgan fingerprint density at radius 1 is 1.02 bits per heavy atom. The number of ether oxygens (including phenoxy) is 6. The molecule has 0 radical (unpaired) electrons. The summed E-state index contributed by atoms with van der Waals surface area (Å²) >= 11 is 0. The van der Waals surface area contributed by atoms with Crippen LogP contribution in [-0.4, -0.2) is 82.5 Å². The molecule has 2 aromatic carbocycles. The number of nitrogens with zero attached hydrogens (tertiary/aromatic N) is 1. The number of piperidine rings is 1. The number of aromatic amines is 1. The third kappa shape index (κ3) is 4.66. The van der Waals surface area contributed by atoms with Crippen LogP contribution in [0.3, 0.4) is 0 Å². The van der Waals surface area contributed by atoms with E-state index in [9.17, 15) is 9.59 Å². The fourth-order valence-corrected chi connectivity index (χ4v) is 7.35. The minimum Gasteiger partial charge on any atom is -0.493 e. The van der Waals surface area contributed by atoms with E-state index >= 15 is 0 Å². The average Bonchev–Trinajstić information content (AvgIpc) is 3.41. The molecule has 10 nitrogen and oxygen atoms in total. The molecule has 6 rings (SSSR count). The van der Waals surface area contributed by atoms with Gasteiger partial charge in [-0.25, -0.2) is 4.79 Å². The molecule has 0 unspecified atom stereocenters. The van der Waals surface area contributed by atoms with Crippen LogP contribution in [-0.2, 0) is 25.4 Å². The molecule has 1 N–H and O–H groups in total. The number of hydrogen-bond acceptors (Lipinski definition) is 9. The fraction of sp³-hybridized carbons (Fsp3) is 0.500. The number of benzene rings is 2. The van der Waals surface area contributed by atoms with Crippen molar-refractivity contribution in [3.8, 4) is 17.2 Å². The number of carbonyl (C=O) groups is 2. The fourth-order valence-electron chi connectivity index (χ4n) is 7.35. The monoisotopic (exact) mass is 587 g/mol. The van der Waals surface area contributed by atoms with Gasteiger partial charge in [-0.2, -0.15) is 0 Å². The van der Waals surface area contributed by atoms with Crippen LogP contribution in [0.15, 0.2) is 36.4 Å². The summed E-state index contributed by atoms with van der Waals surface area (Å²) in [7, 11) is -6.83. The summed E-state index contributed by atoms with van der Waals surface area (Å²) in [5, 5.41) is 1.18. The third-order valence-electron chi connectivity index (χ3n) is 9.14. The number of carbonyl (C=O) groups excluding carboxylic acids is 2. The van der Waals surface area contributed by atoms with E-state index < -0.39 is 74.0 Å². The van der Waals surface area contributed by atoms with E-state index in [4.69, 9.17) is 40.8 Å². The van der Waals surface area contributed by atoms with Crippen LogP contribution in [0.5, 0.6) is 17.2 Å². The van der Waals surface area contributed by atoms with Gasteiger partial charge in [0.25, 0.3) is 0 Å². The summed E-state index contributed by atoms with van der Waals surface area (Å²) in [6.45, 7) is 1.41. The summed E-state index contributed by atoms with van der Waals surface area (Å²) in [5.74, 6) is -5.15. The molecule has 1 aromatic heterocycles. The number of rotatable bonds is 7. The van der Waals surface area contributed by atoms with Gasteiger partial charge >= 0.3 is 11.9 Å². The third-order valence-corrected chi connectivity index (χ3v) is 9.14. The maximum absolute atomic E-state index is 13.8. The molecule has 3 aromatic rings. The van der Waals surface area contributed by atoms with Crippen molar-refractivity contribution in [2.75, 3.05) is 48.4 Å². The zero-order valence-electron chi connectivity index (χ0n) is 32.2. The Labute approximate surface area is 257 Å². The largest absolute Gasteiger partial charge is 0.493 e. The van der Waals surface area contributed by atoms with Gasteiger partial charge in [0.1, 0.15) is 12.2 Å². The molecule has 1 saturated carbocycles. The van der Waals surface area contributed by atoms with Crippen molar-refractivity contribution < 1.29 is 50.3 Å². The molecule has 6 atom stereocenters. The highest BCUT2D eigenvalue weighted by atomic mass is 16.6. The van der Waals surface area contributed by atoms with E-state index in [0.29, 0.717) is 19.4 Å². The normalized spacial score (nSPS) is 31.0. The summed E-state index contributed by atoms with van der Waals surface area (Å²) in [6, 6.07) is 9.91. The summed E-state index contributed by atoms with van der Waals surface area (Å²) < 4.78 is 99.7. The van der Waals surface area contributed by atoms with E-state index in [1.807, 2.05) is 18.2 Å². The molecule has 0 amide bonds. The van der Waals surface area contributed by atoms with Gasteiger partial charge in [0.2, 0.25) is 5.75 Å². The van der Waals surface area contributed by atoms with Crippen LogP contribution in [0, 0.1) is 17.8 Å². The Morgan fingerprint density at radius 2 is 1.79 bits per heavy atom. The van der Waals surface area contributed by atoms with Crippen molar-refractivity contribution in [3.05, 3.63) is 53.2 Å². The quantitative estimate of drug-likeness (QED) is 0.408. The molecule has 3 aliphatic rings. The Hall–Kier alpha value is -3.76. The van der Waals surface area contributed by atoms with Gasteiger partial charge in [-0.15, -0.1) is 0 Å². The molecule has 3 heterocycles. The van der Waals surface area contributed by atoms with Gasteiger partial charge in [0.05, 0.1) is 58.1 Å². The van der Waals surface area contributed by atoms with E-state index in [1.165, 1.54) is 25.2 Å². The predicted octanol–water partition coefficient (Wildman–Crippen LogP) is 4.16. The van der Waals surface area contributed by atoms with Crippen LogP contribution in [0.25, 0.3) is 10.9 Å². The molecule has 1 aliphatic carbocycles. The molecule has 1 saturated heterocycles. The topological polar surface area (TPSA) is 109 Å². The first-order valence-corrected chi connectivity index (χ1v) is 13.8. The Kier molecular flexibility index (Phi) is 5.32. The molecule has 0 bridgehead atoms. The number of nitrogens with one attached hydrogen (secondary N) is 1. The van der Waals surface area contributed by atoms with Gasteiger partial charge in [0, 0.05) is 36.8 Å². The average molecular weight is 588 g/mol. The lowest BCUT2D eigenvalue weighted by Crippen LogP contribution is -2.58. The number of methoxy groups -OCH3 is 5. The zero-order valence-corrected chi connectivity index (χ0v) is 23.2. The molecule has 2 fully saturated rings. The number of hydrogen-bond donors (Lipinski definition) is 1. The molecule has 10 heteroatoms. The van der Waals surface area contributed by atoms with Gasteiger partial charge < -0.3 is 33.4 Å². The maximum atomic E-state index is 13.8. The van der Waals surface area contributed by atoms with E-state index in [-0.39, 0.29) is 17.9 Å². The molecule has 42 heavy (non-hydrogen) atoms. The predicted molar refractivity (Wildman–Crippen MR) is 154 cm³/mol. The van der Waals surface area contributed by atoms with Crippen molar-refractivity contribution >= 4 is 22.8 Å². The minimum atomic E-state index is -3.18. The standard InChI is InChI=1S/C32H38N2O8/c1-37-24-12-17(13-25(38-2)29(24)39-3)31(35)42-26-14-18-16-34-11-10-20-19-8-6-7-9-22(19)33-28(20)23(34)15-21(18)27(30(26)40-4)32(36)41-5/h6-9,12-13,18,21,23,26-27,30,33H,10-11,14-16H2,1-5H3/t18-,21+,23-,26-,27+,30+/m1/s1/i1D3,2D3,3D3. The Bertz CT molecular complexity index is 1750. The van der Waals surface area contributed by atoms with Gasteiger partial charge in [-0.3, -0.25) is 9.69 Å². The second kappa shape index (κ2) is 11.5. The molecular weight excluding hydrogens is 540 g/mol. The summed E-state index contributed by atoms with van der Waals surface area (Å²) in [6.07, 6.45) is -0.149. The lowest BCUT2D eigenvalue weighted by atomic mass is 9.63. The number of H-pyrrole nitrogens is 1. The highest BCUT2D eigenvalue weighted by Gasteiger charge is 2.54. The van der Waals surface area contributed by atoms with Gasteiger partial charge in [-0.1, -0.05) is 18.2 Å². The van der Waals surface area contributed by atoms with E-state index in [0.717, 1.165) is 36.3 Å². The number of esters is 2. The molecule has 0 spiro atoms. The first-order valence-electron chi connectivity index (χ1n) is 18.3. The maximum Gasteiger partial charge on any atom is 0.338 e. The lowest BCUT2D eigenvalue weighted by Gasteiger charge is -2.52. The summed E-state index contributed by atoms with van der Waals surface area (Å²) in [4.78, 5) is 33.3. The van der Waals surface area contributed by atoms with Crippen LogP contribution in [0.2, 0.25) is 0 Å². The van der Waals surface area contributed by atoms with Crippen molar-refractivity contribution in [2.45, 2.75) is 37.5 Å². The van der Waals surface area contributed by atoms with Crippen LogP contribution >= 0.6 is 0 Å². The van der Waals surface area contributed by atoms with E-state index in [1.54, 1.807) is 0 Å². The SMILES string of the molecule is [2H]C([2H])([2H])Oc1cc(C(=O)O[C@@H]2C[C@@H]3CN4CCc5c([nH]c6ccccc56)[C@H]4C[C@@H]3[C@H](C(=O)OC)[C@H]2OC)cc(OC([2H])([2H])[2H])c1OC([2H])([2H])[2H]. The lowest BCUT2D eigenvalue weighted by molar-refractivity contribution is -0.176. The van der Waals surface area contributed by atoms with Crippen molar-refractivity contribution in [3.63, 3.8) is 0 Å². The second-order valence-electron chi connectivity index (χ2n) is 11.0. The number of aromatic nitrogens is 1. The van der Waals surface area contributed by atoms with Crippen LogP contribution in [0.4, 0.5) is 0 Å². The molecule has 224 valence electrons. The Morgan fingerprint density at radius 3 is 2.50 bits per heavy atom. The molecular formula is C32H38N2O8. The van der Waals surface area contributed by atoms with Crippen molar-refractivity contribution in [1.29, 1.82) is 0 Å². The first-order chi connectivity index (χ1) is 23.9. The zero-order chi connectivity index (χ0) is 37.0.